The van der Waals surface area contributed by atoms with Gasteiger partial charge in [0.1, 0.15) is 5.82 Å². The van der Waals surface area contributed by atoms with Crippen LogP contribution in [0.3, 0.4) is 0 Å². The van der Waals surface area contributed by atoms with Gasteiger partial charge >= 0.3 is 0 Å². The van der Waals surface area contributed by atoms with Crippen molar-refractivity contribution in [3.63, 3.8) is 0 Å². The van der Waals surface area contributed by atoms with Gasteiger partial charge in [0.25, 0.3) is 0 Å². The third kappa shape index (κ3) is 5.87. The van der Waals surface area contributed by atoms with Crippen molar-refractivity contribution >= 4 is 11.8 Å². The molecule has 0 atom stereocenters. The molecule has 1 aliphatic heterocycles. The number of anilines is 1. The Bertz CT molecular complexity index is 564. The molecule has 0 spiro atoms. The van der Waals surface area contributed by atoms with Crippen LogP contribution in [0.1, 0.15) is 38.2 Å². The number of nitrogens with zero attached hydrogens (tertiary/aromatic N) is 4. The van der Waals surface area contributed by atoms with E-state index in [2.05, 4.69) is 46.2 Å². The number of pyridine rings is 1. The highest BCUT2D eigenvalue weighted by Gasteiger charge is 2.21. The van der Waals surface area contributed by atoms with Gasteiger partial charge in [-0.2, -0.15) is 0 Å². The summed E-state index contributed by atoms with van der Waals surface area (Å²) in [6.45, 7) is 8.37. The molecule has 6 nitrogen and oxygen atoms in total. The summed E-state index contributed by atoms with van der Waals surface area (Å²) < 4.78 is 5.74. The van der Waals surface area contributed by atoms with Crippen molar-refractivity contribution in [1.29, 1.82) is 0 Å². The van der Waals surface area contributed by atoms with Crippen LogP contribution in [0, 0.1) is 5.92 Å². The molecular weight excluding hydrogens is 326 g/mol. The first-order valence-corrected chi connectivity index (χ1v) is 10.0. The second-order valence-electron chi connectivity index (χ2n) is 7.33. The second kappa shape index (κ2) is 9.76. The first-order chi connectivity index (χ1) is 12.8. The van der Waals surface area contributed by atoms with E-state index < -0.39 is 0 Å². The maximum absolute atomic E-state index is 5.74. The molecule has 26 heavy (non-hydrogen) atoms. The van der Waals surface area contributed by atoms with E-state index in [1.165, 1.54) is 25.7 Å². The maximum atomic E-state index is 5.74. The highest BCUT2D eigenvalue weighted by molar-refractivity contribution is 5.79. The maximum Gasteiger partial charge on any atom is 0.194 e. The third-order valence-corrected chi connectivity index (χ3v) is 4.97. The van der Waals surface area contributed by atoms with Gasteiger partial charge in [-0.05, 0) is 50.2 Å². The molecule has 1 aromatic heterocycles. The largest absolute Gasteiger partial charge is 0.379 e. The van der Waals surface area contributed by atoms with E-state index in [4.69, 9.17) is 9.73 Å². The molecule has 0 aromatic carbocycles. The van der Waals surface area contributed by atoms with Crippen molar-refractivity contribution in [3.05, 3.63) is 23.9 Å². The number of aliphatic imine (C=N–C) groups is 1. The Kier molecular flexibility index (Phi) is 7.12. The molecule has 1 N–H and O–H groups in total. The second-order valence-corrected chi connectivity index (χ2v) is 7.33. The van der Waals surface area contributed by atoms with E-state index in [9.17, 15) is 0 Å². The summed E-state index contributed by atoms with van der Waals surface area (Å²) >= 11 is 0. The van der Waals surface area contributed by atoms with Crippen molar-refractivity contribution in [1.82, 2.24) is 15.2 Å². The van der Waals surface area contributed by atoms with Crippen molar-refractivity contribution in [3.8, 4) is 0 Å². The Morgan fingerprint density at radius 2 is 2.15 bits per heavy atom. The normalized spacial score (nSPS) is 17.6. The molecule has 1 aromatic rings. The van der Waals surface area contributed by atoms with Gasteiger partial charge < -0.3 is 19.9 Å². The standard InChI is InChI=1S/C20H33N5O/c1-3-21-20(24(2)12-13-26-16-17-6-7-17)23-15-18-8-9-19(22-14-18)25-10-4-5-11-25/h8-9,14,17H,3-7,10-13,15-16H2,1-2H3,(H,21,23). The molecule has 2 aliphatic rings. The van der Waals surface area contributed by atoms with Gasteiger partial charge in [-0.1, -0.05) is 6.07 Å². The summed E-state index contributed by atoms with van der Waals surface area (Å²) in [6, 6.07) is 4.27. The molecule has 0 bridgehead atoms. The monoisotopic (exact) mass is 359 g/mol. The molecule has 6 heteroatoms. The summed E-state index contributed by atoms with van der Waals surface area (Å²) in [5.74, 6) is 2.83. The lowest BCUT2D eigenvalue weighted by atomic mass is 10.3. The Morgan fingerprint density at radius 1 is 1.35 bits per heavy atom. The predicted molar refractivity (Wildman–Crippen MR) is 107 cm³/mol. The summed E-state index contributed by atoms with van der Waals surface area (Å²) in [4.78, 5) is 13.9. The summed E-state index contributed by atoms with van der Waals surface area (Å²) in [5.41, 5.74) is 1.14. The summed E-state index contributed by atoms with van der Waals surface area (Å²) in [6.07, 6.45) is 7.18. The number of likely N-dealkylation sites (N-methyl/N-ethyl adjacent to an activating group) is 1. The molecule has 0 unspecified atom stereocenters. The van der Waals surface area contributed by atoms with Gasteiger partial charge in [0, 0.05) is 46.0 Å². The van der Waals surface area contributed by atoms with Crippen LogP contribution in [-0.2, 0) is 11.3 Å². The van der Waals surface area contributed by atoms with Crippen molar-refractivity contribution < 1.29 is 4.74 Å². The minimum atomic E-state index is 0.642. The topological polar surface area (TPSA) is 53.0 Å². The highest BCUT2D eigenvalue weighted by Crippen LogP contribution is 2.28. The van der Waals surface area contributed by atoms with E-state index in [1.807, 2.05) is 6.20 Å². The lowest BCUT2D eigenvalue weighted by Gasteiger charge is -2.22. The Labute approximate surface area is 157 Å². The first-order valence-electron chi connectivity index (χ1n) is 10.0. The van der Waals surface area contributed by atoms with Crippen molar-refractivity contribution in [2.75, 3.05) is 51.3 Å². The fraction of sp³-hybridized carbons (Fsp3) is 0.700. The van der Waals surface area contributed by atoms with E-state index in [0.29, 0.717) is 6.54 Å². The molecule has 1 aliphatic carbocycles. The first kappa shape index (κ1) is 19.0. The van der Waals surface area contributed by atoms with Crippen LogP contribution in [0.25, 0.3) is 0 Å². The number of hydrogen-bond donors (Lipinski definition) is 1. The SMILES string of the molecule is CCNC(=NCc1ccc(N2CCCC2)nc1)N(C)CCOCC1CC1. The Hall–Kier alpha value is -1.82. The summed E-state index contributed by atoms with van der Waals surface area (Å²) in [7, 11) is 2.07. The zero-order valence-corrected chi connectivity index (χ0v) is 16.3. The van der Waals surface area contributed by atoms with Crippen LogP contribution in [-0.4, -0.2) is 62.3 Å². The Balaban J connectivity index is 1.48. The Morgan fingerprint density at radius 3 is 2.81 bits per heavy atom. The van der Waals surface area contributed by atoms with Gasteiger partial charge in [-0.3, -0.25) is 0 Å². The zero-order chi connectivity index (χ0) is 18.2. The lowest BCUT2D eigenvalue weighted by Crippen LogP contribution is -2.40. The van der Waals surface area contributed by atoms with E-state index >= 15 is 0 Å². The molecule has 3 rings (SSSR count). The fourth-order valence-corrected chi connectivity index (χ4v) is 3.12. The number of nitrogens with one attached hydrogen (secondary N) is 1. The molecule has 144 valence electrons. The smallest absolute Gasteiger partial charge is 0.194 e. The van der Waals surface area contributed by atoms with Crippen molar-refractivity contribution in [2.24, 2.45) is 10.9 Å². The molecule has 1 saturated heterocycles. The van der Waals surface area contributed by atoms with Crippen LogP contribution in [0.5, 0.6) is 0 Å². The van der Waals surface area contributed by atoms with Gasteiger partial charge in [0.2, 0.25) is 0 Å². The van der Waals surface area contributed by atoms with Crippen LogP contribution in [0.15, 0.2) is 23.3 Å². The van der Waals surface area contributed by atoms with E-state index in [1.54, 1.807) is 0 Å². The highest BCUT2D eigenvalue weighted by atomic mass is 16.5. The summed E-state index contributed by atoms with van der Waals surface area (Å²) in [5, 5.41) is 3.36. The average molecular weight is 360 g/mol. The van der Waals surface area contributed by atoms with Gasteiger partial charge in [-0.15, -0.1) is 0 Å². The molecule has 0 amide bonds. The predicted octanol–water partition coefficient (Wildman–Crippen LogP) is 2.51. The minimum Gasteiger partial charge on any atom is -0.379 e. The van der Waals surface area contributed by atoms with Crippen molar-refractivity contribution in [2.45, 2.75) is 39.2 Å². The van der Waals surface area contributed by atoms with E-state index in [0.717, 1.165) is 62.7 Å². The average Bonchev–Trinajstić information content (AvgIpc) is 3.33. The quantitative estimate of drug-likeness (QED) is 0.417. The number of hydrogen-bond acceptors (Lipinski definition) is 4. The minimum absolute atomic E-state index is 0.642. The fourth-order valence-electron chi connectivity index (χ4n) is 3.12. The van der Waals surface area contributed by atoms with Crippen LogP contribution < -0.4 is 10.2 Å². The molecule has 0 radical (unpaired) electrons. The number of guanidine groups is 1. The number of aromatic nitrogens is 1. The van der Waals surface area contributed by atoms with Crippen LogP contribution >= 0.6 is 0 Å². The van der Waals surface area contributed by atoms with Gasteiger partial charge in [-0.25, -0.2) is 9.98 Å². The number of ether oxygens (including phenoxy) is 1. The third-order valence-electron chi connectivity index (χ3n) is 4.97. The van der Waals surface area contributed by atoms with E-state index in [-0.39, 0.29) is 0 Å². The van der Waals surface area contributed by atoms with Crippen LogP contribution in [0.4, 0.5) is 5.82 Å². The molecule has 2 fully saturated rings. The molecule has 1 saturated carbocycles. The van der Waals surface area contributed by atoms with Gasteiger partial charge in [0.15, 0.2) is 5.96 Å². The van der Waals surface area contributed by atoms with Crippen LogP contribution in [0.2, 0.25) is 0 Å². The zero-order valence-electron chi connectivity index (χ0n) is 16.3. The number of rotatable bonds is 9. The molecule has 2 heterocycles. The molecular formula is C20H33N5O. The lowest BCUT2D eigenvalue weighted by molar-refractivity contribution is 0.115. The van der Waals surface area contributed by atoms with Gasteiger partial charge in [0.05, 0.1) is 13.2 Å².